The van der Waals surface area contributed by atoms with Crippen LogP contribution in [0.25, 0.3) is 0 Å². The zero-order valence-corrected chi connectivity index (χ0v) is 10.4. The van der Waals surface area contributed by atoms with Crippen LogP contribution in [0.3, 0.4) is 0 Å². The SMILES string of the molecule is CC1CN(C(=O)c2ccc(C#N)cn2)CC1C(=O)O. The molecule has 6 nitrogen and oxygen atoms in total. The summed E-state index contributed by atoms with van der Waals surface area (Å²) < 4.78 is 0. The van der Waals surface area contributed by atoms with E-state index in [1.807, 2.05) is 13.0 Å². The van der Waals surface area contributed by atoms with Gasteiger partial charge in [-0.15, -0.1) is 0 Å². The molecule has 2 atom stereocenters. The van der Waals surface area contributed by atoms with E-state index in [1.165, 1.54) is 23.2 Å². The first-order valence-corrected chi connectivity index (χ1v) is 5.91. The van der Waals surface area contributed by atoms with Crippen molar-refractivity contribution in [1.82, 2.24) is 9.88 Å². The predicted molar refractivity (Wildman–Crippen MR) is 65.1 cm³/mol. The van der Waals surface area contributed by atoms with Crippen molar-refractivity contribution in [3.63, 3.8) is 0 Å². The van der Waals surface area contributed by atoms with E-state index in [0.29, 0.717) is 12.1 Å². The van der Waals surface area contributed by atoms with E-state index in [-0.39, 0.29) is 24.1 Å². The molecule has 6 heteroatoms. The van der Waals surface area contributed by atoms with E-state index in [9.17, 15) is 9.59 Å². The van der Waals surface area contributed by atoms with Gasteiger partial charge in [-0.1, -0.05) is 6.92 Å². The maximum absolute atomic E-state index is 12.1. The molecule has 2 heterocycles. The fraction of sp³-hybridized carbons (Fsp3) is 0.385. The number of hydrogen-bond donors (Lipinski definition) is 1. The highest BCUT2D eigenvalue weighted by molar-refractivity contribution is 5.93. The van der Waals surface area contributed by atoms with Crippen molar-refractivity contribution in [2.75, 3.05) is 13.1 Å². The molecule has 1 saturated heterocycles. The molecule has 1 aromatic rings. The number of hydrogen-bond acceptors (Lipinski definition) is 4. The van der Waals surface area contributed by atoms with Crippen LogP contribution in [-0.2, 0) is 4.79 Å². The summed E-state index contributed by atoms with van der Waals surface area (Å²) in [5.41, 5.74) is 0.618. The minimum atomic E-state index is -0.879. The number of carboxylic acids is 1. The average Bonchev–Trinajstić information content (AvgIpc) is 2.80. The van der Waals surface area contributed by atoms with Gasteiger partial charge < -0.3 is 10.0 Å². The first-order valence-electron chi connectivity index (χ1n) is 5.91. The molecule has 19 heavy (non-hydrogen) atoms. The van der Waals surface area contributed by atoms with Gasteiger partial charge in [0.25, 0.3) is 5.91 Å². The highest BCUT2D eigenvalue weighted by atomic mass is 16.4. The van der Waals surface area contributed by atoms with Crippen LogP contribution in [0.15, 0.2) is 18.3 Å². The van der Waals surface area contributed by atoms with Gasteiger partial charge in [-0.3, -0.25) is 9.59 Å². The summed E-state index contributed by atoms with van der Waals surface area (Å²) in [6, 6.07) is 4.93. The zero-order chi connectivity index (χ0) is 14.0. The Labute approximate surface area is 110 Å². The Morgan fingerprint density at radius 3 is 2.68 bits per heavy atom. The normalized spacial score (nSPS) is 22.0. The molecular formula is C13H13N3O3. The number of carbonyl (C=O) groups is 2. The van der Waals surface area contributed by atoms with Crippen molar-refractivity contribution in [1.29, 1.82) is 5.26 Å². The van der Waals surface area contributed by atoms with E-state index < -0.39 is 11.9 Å². The van der Waals surface area contributed by atoms with Gasteiger partial charge in [0.1, 0.15) is 11.8 Å². The van der Waals surface area contributed by atoms with Gasteiger partial charge in [-0.2, -0.15) is 5.26 Å². The number of aromatic nitrogens is 1. The first-order chi connectivity index (χ1) is 9.02. The third-order valence-corrected chi connectivity index (χ3v) is 3.33. The molecule has 0 aliphatic carbocycles. The van der Waals surface area contributed by atoms with Gasteiger partial charge in [-0.25, -0.2) is 4.98 Å². The molecule has 0 spiro atoms. The Morgan fingerprint density at radius 2 is 2.21 bits per heavy atom. The molecule has 1 amide bonds. The highest BCUT2D eigenvalue weighted by Gasteiger charge is 2.37. The smallest absolute Gasteiger partial charge is 0.308 e. The maximum atomic E-state index is 12.1. The lowest BCUT2D eigenvalue weighted by atomic mass is 9.99. The number of carbonyl (C=O) groups excluding carboxylic acids is 1. The molecule has 2 rings (SSSR count). The number of likely N-dealkylation sites (tertiary alicyclic amines) is 1. The quantitative estimate of drug-likeness (QED) is 0.845. The van der Waals surface area contributed by atoms with Gasteiger partial charge in [0.05, 0.1) is 11.5 Å². The molecule has 1 fully saturated rings. The summed E-state index contributed by atoms with van der Waals surface area (Å²) in [4.78, 5) is 28.6. The second-order valence-electron chi connectivity index (χ2n) is 4.68. The van der Waals surface area contributed by atoms with Crippen LogP contribution in [-0.4, -0.2) is 40.0 Å². The largest absolute Gasteiger partial charge is 0.481 e. The molecule has 1 aromatic heterocycles. The Kier molecular flexibility index (Phi) is 3.47. The van der Waals surface area contributed by atoms with Gasteiger partial charge in [0.2, 0.25) is 0 Å². The summed E-state index contributed by atoms with van der Waals surface area (Å²) in [5, 5.41) is 17.7. The summed E-state index contributed by atoms with van der Waals surface area (Å²) in [5.74, 6) is -1.77. The number of nitrogens with zero attached hydrogens (tertiary/aromatic N) is 3. The van der Waals surface area contributed by atoms with Crippen molar-refractivity contribution >= 4 is 11.9 Å². The standard InChI is InChI=1S/C13H13N3O3/c1-8-6-16(7-10(8)13(18)19)12(17)11-3-2-9(4-14)5-15-11/h2-3,5,8,10H,6-7H2,1H3,(H,18,19). The molecule has 1 N–H and O–H groups in total. The number of rotatable bonds is 2. The van der Waals surface area contributed by atoms with E-state index in [4.69, 9.17) is 10.4 Å². The Balaban J connectivity index is 2.12. The Morgan fingerprint density at radius 1 is 1.47 bits per heavy atom. The van der Waals surface area contributed by atoms with Crippen molar-refractivity contribution in [3.05, 3.63) is 29.6 Å². The van der Waals surface area contributed by atoms with Crippen LogP contribution in [0.2, 0.25) is 0 Å². The lowest BCUT2D eigenvalue weighted by Gasteiger charge is -2.15. The highest BCUT2D eigenvalue weighted by Crippen LogP contribution is 2.24. The molecule has 0 saturated carbocycles. The number of amides is 1. The summed E-state index contributed by atoms with van der Waals surface area (Å²) in [7, 11) is 0. The number of aliphatic carboxylic acids is 1. The van der Waals surface area contributed by atoms with E-state index >= 15 is 0 Å². The number of carboxylic acid groups (broad SMARTS) is 1. The molecule has 1 aliphatic rings. The zero-order valence-electron chi connectivity index (χ0n) is 10.4. The van der Waals surface area contributed by atoms with E-state index in [2.05, 4.69) is 4.98 Å². The van der Waals surface area contributed by atoms with E-state index in [1.54, 1.807) is 0 Å². The van der Waals surface area contributed by atoms with Crippen molar-refractivity contribution in [2.24, 2.45) is 11.8 Å². The molecule has 98 valence electrons. The Hall–Kier alpha value is -2.42. The van der Waals surface area contributed by atoms with Crippen molar-refractivity contribution in [3.8, 4) is 6.07 Å². The second-order valence-corrected chi connectivity index (χ2v) is 4.68. The van der Waals surface area contributed by atoms with Crippen LogP contribution in [0.1, 0.15) is 23.0 Å². The maximum Gasteiger partial charge on any atom is 0.308 e. The van der Waals surface area contributed by atoms with Gasteiger partial charge >= 0.3 is 5.97 Å². The first kappa shape index (κ1) is 13.0. The fourth-order valence-electron chi connectivity index (χ4n) is 2.20. The third-order valence-electron chi connectivity index (χ3n) is 3.33. The summed E-state index contributed by atoms with van der Waals surface area (Å²) >= 11 is 0. The van der Waals surface area contributed by atoms with Crippen LogP contribution in [0, 0.1) is 23.2 Å². The summed E-state index contributed by atoms with van der Waals surface area (Å²) in [6.07, 6.45) is 1.33. The molecule has 0 aromatic carbocycles. The average molecular weight is 259 g/mol. The molecule has 1 aliphatic heterocycles. The van der Waals surface area contributed by atoms with Crippen LogP contribution >= 0.6 is 0 Å². The van der Waals surface area contributed by atoms with Crippen LogP contribution < -0.4 is 0 Å². The van der Waals surface area contributed by atoms with Crippen LogP contribution in [0.4, 0.5) is 0 Å². The van der Waals surface area contributed by atoms with Gasteiger partial charge in [-0.05, 0) is 18.1 Å². The minimum Gasteiger partial charge on any atom is -0.481 e. The lowest BCUT2D eigenvalue weighted by molar-refractivity contribution is -0.142. The van der Waals surface area contributed by atoms with Crippen molar-refractivity contribution < 1.29 is 14.7 Å². The number of nitriles is 1. The van der Waals surface area contributed by atoms with Crippen LogP contribution in [0.5, 0.6) is 0 Å². The van der Waals surface area contributed by atoms with Crippen molar-refractivity contribution in [2.45, 2.75) is 6.92 Å². The minimum absolute atomic E-state index is 0.0696. The summed E-state index contributed by atoms with van der Waals surface area (Å²) in [6.45, 7) is 2.44. The third kappa shape index (κ3) is 2.55. The molecular weight excluding hydrogens is 246 g/mol. The van der Waals surface area contributed by atoms with Gasteiger partial charge in [0.15, 0.2) is 0 Å². The van der Waals surface area contributed by atoms with E-state index in [0.717, 1.165) is 0 Å². The predicted octanol–water partition coefficient (Wildman–Crippen LogP) is 0.746. The van der Waals surface area contributed by atoms with Gasteiger partial charge in [0, 0.05) is 19.3 Å². The topological polar surface area (TPSA) is 94.3 Å². The molecule has 0 bridgehead atoms. The molecule has 2 unspecified atom stereocenters. The Bertz CT molecular complexity index is 547. The second kappa shape index (κ2) is 5.06. The number of pyridine rings is 1. The molecule has 0 radical (unpaired) electrons. The lowest BCUT2D eigenvalue weighted by Crippen LogP contribution is -2.30. The monoisotopic (exact) mass is 259 g/mol. The fourth-order valence-corrected chi connectivity index (χ4v) is 2.20.